The largest absolute Gasteiger partial charge is 0.417 e. The lowest BCUT2D eigenvalue weighted by atomic mass is 10.1. The molecule has 3 rings (SSSR count). The third-order valence-corrected chi connectivity index (χ3v) is 7.12. The van der Waals surface area contributed by atoms with E-state index in [0.29, 0.717) is 5.69 Å². The molecule has 0 spiro atoms. The van der Waals surface area contributed by atoms with Crippen LogP contribution in [0.2, 0.25) is 0 Å². The molecule has 1 fully saturated rings. The van der Waals surface area contributed by atoms with Crippen molar-refractivity contribution in [3.63, 3.8) is 0 Å². The SMILES string of the molecule is Cc1ccc(NC(=O)CN2CCN(S(=O)(=O)c3ccccc3C(F)(F)F)CC2)c(C)c1. The van der Waals surface area contributed by atoms with Crippen molar-refractivity contribution in [1.29, 1.82) is 0 Å². The fourth-order valence-electron chi connectivity index (χ4n) is 3.54. The maximum absolute atomic E-state index is 13.2. The highest BCUT2D eigenvalue weighted by Gasteiger charge is 2.39. The van der Waals surface area contributed by atoms with E-state index in [9.17, 15) is 26.4 Å². The third kappa shape index (κ3) is 5.44. The van der Waals surface area contributed by atoms with E-state index in [1.165, 1.54) is 6.07 Å². The number of hydrogen-bond donors (Lipinski definition) is 1. The van der Waals surface area contributed by atoms with Gasteiger partial charge in [0.05, 0.1) is 17.0 Å². The second kappa shape index (κ2) is 8.97. The fourth-order valence-corrected chi connectivity index (χ4v) is 5.17. The molecule has 31 heavy (non-hydrogen) atoms. The zero-order chi connectivity index (χ0) is 22.8. The highest BCUT2D eigenvalue weighted by Crippen LogP contribution is 2.35. The summed E-state index contributed by atoms with van der Waals surface area (Å²) in [6.45, 7) is 4.42. The van der Waals surface area contributed by atoms with Gasteiger partial charge >= 0.3 is 6.18 Å². The number of nitrogens with zero attached hydrogens (tertiary/aromatic N) is 2. The van der Waals surface area contributed by atoms with Gasteiger partial charge in [-0.2, -0.15) is 17.5 Å². The Labute approximate surface area is 179 Å². The predicted molar refractivity (Wildman–Crippen MR) is 111 cm³/mol. The molecule has 0 saturated carbocycles. The summed E-state index contributed by atoms with van der Waals surface area (Å²) in [4.78, 5) is 13.4. The van der Waals surface area contributed by atoms with Crippen LogP contribution in [0, 0.1) is 13.8 Å². The first kappa shape index (κ1) is 23.2. The third-order valence-electron chi connectivity index (χ3n) is 5.16. The number of hydrogen-bond acceptors (Lipinski definition) is 4. The number of benzene rings is 2. The molecule has 1 aliphatic heterocycles. The molecule has 10 heteroatoms. The molecule has 168 valence electrons. The number of aryl methyl sites for hydroxylation is 2. The summed E-state index contributed by atoms with van der Waals surface area (Å²) in [6.07, 6.45) is -4.77. The predicted octanol–water partition coefficient (Wildman–Crippen LogP) is 3.27. The van der Waals surface area contributed by atoms with Crippen LogP contribution in [0.15, 0.2) is 47.4 Å². The number of rotatable bonds is 5. The molecule has 0 aliphatic carbocycles. The van der Waals surface area contributed by atoms with E-state index < -0.39 is 26.7 Å². The van der Waals surface area contributed by atoms with Gasteiger partial charge < -0.3 is 5.32 Å². The lowest BCUT2D eigenvalue weighted by Gasteiger charge is -2.34. The van der Waals surface area contributed by atoms with Gasteiger partial charge in [0.15, 0.2) is 0 Å². The van der Waals surface area contributed by atoms with Crippen LogP contribution in [0.4, 0.5) is 18.9 Å². The molecule has 1 saturated heterocycles. The molecule has 1 aliphatic rings. The van der Waals surface area contributed by atoms with E-state index in [4.69, 9.17) is 0 Å². The van der Waals surface area contributed by atoms with Crippen molar-refractivity contribution in [3.8, 4) is 0 Å². The maximum Gasteiger partial charge on any atom is 0.417 e. The van der Waals surface area contributed by atoms with Crippen LogP contribution >= 0.6 is 0 Å². The number of alkyl halides is 3. The zero-order valence-corrected chi connectivity index (χ0v) is 18.1. The summed E-state index contributed by atoms with van der Waals surface area (Å²) in [5.41, 5.74) is 1.55. The monoisotopic (exact) mass is 455 g/mol. The van der Waals surface area contributed by atoms with Gasteiger partial charge in [0.25, 0.3) is 0 Å². The smallest absolute Gasteiger partial charge is 0.325 e. The average molecular weight is 456 g/mol. The molecule has 0 radical (unpaired) electrons. The standard InChI is InChI=1S/C21H24F3N3O3S/c1-15-7-8-18(16(2)13-15)25-20(28)14-26-9-11-27(12-10-26)31(29,30)19-6-4-3-5-17(19)21(22,23)24/h3-8,13H,9-12,14H2,1-2H3,(H,25,28). The van der Waals surface area contributed by atoms with E-state index in [-0.39, 0.29) is 38.6 Å². The molecule has 2 aromatic rings. The maximum atomic E-state index is 13.2. The molecule has 1 heterocycles. The molecule has 6 nitrogen and oxygen atoms in total. The van der Waals surface area contributed by atoms with Crippen LogP contribution in [0.3, 0.4) is 0 Å². The van der Waals surface area contributed by atoms with Crippen LogP contribution < -0.4 is 5.32 Å². The highest BCUT2D eigenvalue weighted by molar-refractivity contribution is 7.89. The van der Waals surface area contributed by atoms with Crippen molar-refractivity contribution in [1.82, 2.24) is 9.21 Å². The van der Waals surface area contributed by atoms with Crippen LogP contribution in [-0.2, 0) is 21.0 Å². The van der Waals surface area contributed by atoms with Gasteiger partial charge in [0.2, 0.25) is 15.9 Å². The van der Waals surface area contributed by atoms with E-state index >= 15 is 0 Å². The summed E-state index contributed by atoms with van der Waals surface area (Å²) < 4.78 is 66.4. The number of sulfonamides is 1. The van der Waals surface area contributed by atoms with Crippen molar-refractivity contribution >= 4 is 21.6 Å². The minimum Gasteiger partial charge on any atom is -0.325 e. The van der Waals surface area contributed by atoms with Crippen LogP contribution in [-0.4, -0.2) is 56.3 Å². The Balaban J connectivity index is 1.62. The van der Waals surface area contributed by atoms with E-state index in [2.05, 4.69) is 5.32 Å². The number of nitrogens with one attached hydrogen (secondary N) is 1. The van der Waals surface area contributed by atoms with Gasteiger partial charge in [-0.15, -0.1) is 0 Å². The fraction of sp³-hybridized carbons (Fsp3) is 0.381. The summed E-state index contributed by atoms with van der Waals surface area (Å²) in [5, 5.41) is 2.84. The molecule has 0 bridgehead atoms. The average Bonchev–Trinajstić information content (AvgIpc) is 2.70. The molecule has 0 atom stereocenters. The second-order valence-corrected chi connectivity index (χ2v) is 9.45. The molecule has 0 unspecified atom stereocenters. The van der Waals surface area contributed by atoms with Gasteiger partial charge in [0.1, 0.15) is 0 Å². The molecule has 0 aromatic heterocycles. The first-order valence-electron chi connectivity index (χ1n) is 9.74. The summed E-state index contributed by atoms with van der Waals surface area (Å²) in [5.74, 6) is -0.231. The normalized spacial score (nSPS) is 16.3. The lowest BCUT2D eigenvalue weighted by molar-refractivity contribution is -0.140. The minimum absolute atomic E-state index is 0.00532. The second-order valence-electron chi connectivity index (χ2n) is 7.54. The quantitative estimate of drug-likeness (QED) is 0.752. The van der Waals surface area contributed by atoms with Gasteiger partial charge in [-0.25, -0.2) is 8.42 Å². The van der Waals surface area contributed by atoms with Crippen LogP contribution in [0.1, 0.15) is 16.7 Å². The van der Waals surface area contributed by atoms with Crippen LogP contribution in [0.25, 0.3) is 0 Å². The van der Waals surface area contributed by atoms with Gasteiger partial charge in [-0.3, -0.25) is 9.69 Å². The molecule has 1 N–H and O–H groups in total. The first-order chi connectivity index (χ1) is 14.5. The Morgan fingerprint density at radius 1 is 1.03 bits per heavy atom. The summed E-state index contributed by atoms with van der Waals surface area (Å²) >= 11 is 0. The van der Waals surface area contributed by atoms with Crippen molar-refractivity contribution < 1.29 is 26.4 Å². The lowest BCUT2D eigenvalue weighted by Crippen LogP contribution is -2.50. The van der Waals surface area contributed by atoms with E-state index in [0.717, 1.165) is 33.6 Å². The van der Waals surface area contributed by atoms with Crippen molar-refractivity contribution in [2.45, 2.75) is 24.9 Å². The number of halogens is 3. The van der Waals surface area contributed by atoms with Crippen molar-refractivity contribution in [2.24, 2.45) is 0 Å². The Bertz CT molecular complexity index is 1060. The number of amides is 1. The molecular weight excluding hydrogens is 431 g/mol. The van der Waals surface area contributed by atoms with Crippen LogP contribution in [0.5, 0.6) is 0 Å². The Hall–Kier alpha value is -2.43. The van der Waals surface area contributed by atoms with Crippen molar-refractivity contribution in [3.05, 3.63) is 59.2 Å². The van der Waals surface area contributed by atoms with Gasteiger partial charge in [-0.1, -0.05) is 29.8 Å². The topological polar surface area (TPSA) is 69.7 Å². The summed E-state index contributed by atoms with van der Waals surface area (Å²) in [6, 6.07) is 9.85. The number of carbonyl (C=O) groups is 1. The Morgan fingerprint density at radius 3 is 2.29 bits per heavy atom. The Kier molecular flexibility index (Phi) is 6.73. The molecule has 2 aromatic carbocycles. The van der Waals surface area contributed by atoms with Crippen molar-refractivity contribution in [2.75, 3.05) is 38.0 Å². The van der Waals surface area contributed by atoms with Gasteiger partial charge in [-0.05, 0) is 37.6 Å². The zero-order valence-electron chi connectivity index (χ0n) is 17.2. The van der Waals surface area contributed by atoms with E-state index in [1.54, 1.807) is 4.90 Å². The number of carbonyl (C=O) groups excluding carboxylic acids is 1. The molecule has 1 amide bonds. The first-order valence-corrected chi connectivity index (χ1v) is 11.2. The van der Waals surface area contributed by atoms with E-state index in [1.807, 2.05) is 32.0 Å². The summed E-state index contributed by atoms with van der Waals surface area (Å²) in [7, 11) is -4.30. The highest BCUT2D eigenvalue weighted by atomic mass is 32.2. The van der Waals surface area contributed by atoms with Gasteiger partial charge in [0, 0.05) is 31.9 Å². The minimum atomic E-state index is -4.77. The molecular formula is C21H24F3N3O3S. The Morgan fingerprint density at radius 2 is 1.68 bits per heavy atom. The number of piperazine rings is 1. The number of anilines is 1.